The summed E-state index contributed by atoms with van der Waals surface area (Å²) in [4.78, 5) is 34.5. The van der Waals surface area contributed by atoms with Crippen LogP contribution in [0.15, 0.2) is 36.4 Å². The van der Waals surface area contributed by atoms with Crippen molar-refractivity contribution in [2.24, 2.45) is 0 Å². The molecular formula is C13H13FN2O4. The summed E-state index contributed by atoms with van der Waals surface area (Å²) >= 11 is 0. The van der Waals surface area contributed by atoms with Crippen LogP contribution in [0.2, 0.25) is 0 Å². The van der Waals surface area contributed by atoms with E-state index < -0.39 is 23.7 Å². The van der Waals surface area contributed by atoms with Gasteiger partial charge in [0.05, 0.1) is 0 Å². The van der Waals surface area contributed by atoms with Crippen molar-refractivity contribution in [1.82, 2.24) is 5.32 Å². The van der Waals surface area contributed by atoms with E-state index in [4.69, 9.17) is 5.11 Å². The van der Waals surface area contributed by atoms with Crippen LogP contribution >= 0.6 is 0 Å². The van der Waals surface area contributed by atoms with E-state index in [0.717, 1.165) is 17.0 Å². The van der Waals surface area contributed by atoms with Crippen LogP contribution in [0.25, 0.3) is 0 Å². The molecule has 0 fully saturated rings. The first-order valence-corrected chi connectivity index (χ1v) is 5.73. The molecule has 0 aliphatic rings. The summed E-state index contributed by atoms with van der Waals surface area (Å²) in [7, 11) is 0. The molecule has 2 N–H and O–H groups in total. The number of carbonyl (C=O) groups excluding carboxylic acids is 2. The summed E-state index contributed by atoms with van der Waals surface area (Å²) in [5.74, 6) is -2.68. The molecule has 0 saturated heterocycles. The zero-order valence-electron chi connectivity index (χ0n) is 10.7. The monoisotopic (exact) mass is 280 g/mol. The van der Waals surface area contributed by atoms with Crippen LogP contribution in [-0.4, -0.2) is 29.6 Å². The summed E-state index contributed by atoms with van der Waals surface area (Å²) in [5.41, 5.74) is 0.292. The van der Waals surface area contributed by atoms with Gasteiger partial charge in [0.15, 0.2) is 0 Å². The highest BCUT2D eigenvalue weighted by Gasteiger charge is 2.15. The Morgan fingerprint density at radius 2 is 2.05 bits per heavy atom. The van der Waals surface area contributed by atoms with Gasteiger partial charge in [-0.05, 0) is 25.1 Å². The first-order chi connectivity index (χ1) is 9.43. The van der Waals surface area contributed by atoms with E-state index >= 15 is 0 Å². The van der Waals surface area contributed by atoms with E-state index in [2.05, 4.69) is 0 Å². The number of nitrogens with zero attached hydrogens (tertiary/aromatic N) is 1. The molecule has 0 spiro atoms. The zero-order chi connectivity index (χ0) is 15.1. The number of amides is 3. The summed E-state index contributed by atoms with van der Waals surface area (Å²) in [6.45, 7) is 1.87. The van der Waals surface area contributed by atoms with Gasteiger partial charge in [-0.2, -0.15) is 0 Å². The molecular weight excluding hydrogens is 267 g/mol. The van der Waals surface area contributed by atoms with Crippen molar-refractivity contribution in [2.75, 3.05) is 11.4 Å². The van der Waals surface area contributed by atoms with Gasteiger partial charge in [0.1, 0.15) is 5.82 Å². The highest BCUT2D eigenvalue weighted by molar-refractivity contribution is 6.07. The van der Waals surface area contributed by atoms with Crippen LogP contribution in [-0.2, 0) is 9.59 Å². The fourth-order valence-corrected chi connectivity index (χ4v) is 1.45. The topological polar surface area (TPSA) is 86.7 Å². The number of anilines is 1. The Hall–Kier alpha value is -2.70. The molecule has 106 valence electrons. The lowest BCUT2D eigenvalue weighted by molar-refractivity contribution is -0.131. The third-order valence-corrected chi connectivity index (χ3v) is 2.29. The summed E-state index contributed by atoms with van der Waals surface area (Å²) in [5, 5.41) is 10.3. The van der Waals surface area contributed by atoms with Gasteiger partial charge in [-0.15, -0.1) is 0 Å². The lowest BCUT2D eigenvalue weighted by Crippen LogP contribution is -2.42. The highest BCUT2D eigenvalue weighted by Crippen LogP contribution is 2.15. The molecule has 3 amide bonds. The molecule has 0 aliphatic carbocycles. The Kier molecular flexibility index (Phi) is 5.40. The molecule has 1 aromatic rings. The number of urea groups is 1. The second-order valence-corrected chi connectivity index (χ2v) is 3.69. The van der Waals surface area contributed by atoms with Crippen molar-refractivity contribution in [3.05, 3.63) is 42.2 Å². The van der Waals surface area contributed by atoms with Gasteiger partial charge in [-0.3, -0.25) is 15.0 Å². The maximum absolute atomic E-state index is 13.1. The fourth-order valence-electron chi connectivity index (χ4n) is 1.45. The maximum atomic E-state index is 13.1. The molecule has 20 heavy (non-hydrogen) atoms. The van der Waals surface area contributed by atoms with E-state index in [9.17, 15) is 18.8 Å². The first-order valence-electron chi connectivity index (χ1n) is 5.73. The van der Waals surface area contributed by atoms with Gasteiger partial charge >= 0.3 is 12.0 Å². The Bertz CT molecular complexity index is 557. The lowest BCUT2D eigenvalue weighted by atomic mass is 10.3. The molecule has 0 atom stereocenters. The highest BCUT2D eigenvalue weighted by atomic mass is 19.1. The minimum Gasteiger partial charge on any atom is -0.478 e. The van der Waals surface area contributed by atoms with Gasteiger partial charge in [-0.1, -0.05) is 6.07 Å². The molecule has 0 radical (unpaired) electrons. The van der Waals surface area contributed by atoms with Crippen molar-refractivity contribution in [1.29, 1.82) is 0 Å². The minimum absolute atomic E-state index is 0.214. The van der Waals surface area contributed by atoms with Crippen LogP contribution in [0.1, 0.15) is 6.92 Å². The number of imide groups is 1. The molecule has 0 heterocycles. The standard InChI is InChI=1S/C13H13FN2O4/c1-2-16(10-5-3-4-9(14)8-10)13(20)15-11(17)6-7-12(18)19/h3-8H,2H2,1H3,(H,18,19)(H,15,17,20). The van der Waals surface area contributed by atoms with Gasteiger partial charge in [0, 0.05) is 24.4 Å². The number of carboxylic acid groups (broad SMARTS) is 1. The largest absolute Gasteiger partial charge is 0.478 e. The SMILES string of the molecule is CCN(C(=O)NC(=O)C=CC(=O)O)c1cccc(F)c1. The number of halogens is 1. The first kappa shape index (κ1) is 15.4. The molecule has 1 rings (SSSR count). The lowest BCUT2D eigenvalue weighted by Gasteiger charge is -2.20. The number of benzene rings is 1. The Labute approximate surface area is 114 Å². The number of hydrogen-bond donors (Lipinski definition) is 2. The van der Waals surface area contributed by atoms with Crippen LogP contribution in [0.4, 0.5) is 14.9 Å². The zero-order valence-corrected chi connectivity index (χ0v) is 10.7. The van der Waals surface area contributed by atoms with Crippen molar-refractivity contribution in [3.63, 3.8) is 0 Å². The smallest absolute Gasteiger partial charge is 0.328 e. The van der Waals surface area contributed by atoms with E-state index in [1.807, 2.05) is 5.32 Å². The Morgan fingerprint density at radius 3 is 2.60 bits per heavy atom. The molecule has 6 nitrogen and oxygen atoms in total. The van der Waals surface area contributed by atoms with Crippen LogP contribution in [0, 0.1) is 5.82 Å². The predicted molar refractivity (Wildman–Crippen MR) is 69.7 cm³/mol. The van der Waals surface area contributed by atoms with E-state index in [1.165, 1.54) is 18.2 Å². The van der Waals surface area contributed by atoms with Gasteiger partial charge in [0.2, 0.25) is 0 Å². The van der Waals surface area contributed by atoms with E-state index in [-0.39, 0.29) is 6.54 Å². The fraction of sp³-hybridized carbons (Fsp3) is 0.154. The summed E-state index contributed by atoms with van der Waals surface area (Å²) in [6, 6.07) is 4.57. The molecule has 0 saturated carbocycles. The maximum Gasteiger partial charge on any atom is 0.328 e. The van der Waals surface area contributed by atoms with E-state index in [0.29, 0.717) is 11.8 Å². The second-order valence-electron chi connectivity index (χ2n) is 3.69. The van der Waals surface area contributed by atoms with Crippen molar-refractivity contribution in [2.45, 2.75) is 6.92 Å². The molecule has 0 bridgehead atoms. The number of aliphatic carboxylic acids is 1. The number of carbonyl (C=O) groups is 3. The van der Waals surface area contributed by atoms with Gasteiger partial charge in [-0.25, -0.2) is 14.0 Å². The quantitative estimate of drug-likeness (QED) is 0.819. The summed E-state index contributed by atoms with van der Waals surface area (Å²) in [6.07, 6.45) is 1.33. The second kappa shape index (κ2) is 7.03. The average molecular weight is 280 g/mol. The number of carboxylic acids is 1. The third kappa shape index (κ3) is 4.52. The minimum atomic E-state index is -1.30. The summed E-state index contributed by atoms with van der Waals surface area (Å²) < 4.78 is 13.1. The number of hydrogen-bond acceptors (Lipinski definition) is 3. The number of nitrogens with one attached hydrogen (secondary N) is 1. The van der Waals surface area contributed by atoms with Crippen LogP contribution in [0.5, 0.6) is 0 Å². The Morgan fingerprint density at radius 1 is 1.35 bits per heavy atom. The molecule has 0 aromatic heterocycles. The van der Waals surface area contributed by atoms with Crippen LogP contribution < -0.4 is 10.2 Å². The Balaban J connectivity index is 2.78. The van der Waals surface area contributed by atoms with Gasteiger partial charge in [0.25, 0.3) is 5.91 Å². The van der Waals surface area contributed by atoms with Crippen molar-refractivity contribution in [3.8, 4) is 0 Å². The molecule has 7 heteroatoms. The number of rotatable bonds is 4. The van der Waals surface area contributed by atoms with Crippen LogP contribution in [0.3, 0.4) is 0 Å². The predicted octanol–water partition coefficient (Wildman–Crippen LogP) is 1.53. The normalized spacial score (nSPS) is 10.3. The van der Waals surface area contributed by atoms with Gasteiger partial charge < -0.3 is 5.11 Å². The average Bonchev–Trinajstić information content (AvgIpc) is 2.37. The van der Waals surface area contributed by atoms with Crippen molar-refractivity contribution >= 4 is 23.6 Å². The molecule has 1 aromatic carbocycles. The third-order valence-electron chi connectivity index (χ3n) is 2.29. The van der Waals surface area contributed by atoms with Crippen molar-refractivity contribution < 1.29 is 23.9 Å². The molecule has 0 unspecified atom stereocenters. The van der Waals surface area contributed by atoms with E-state index in [1.54, 1.807) is 6.92 Å². The molecule has 0 aliphatic heterocycles.